The number of aryl methyl sites for hydroxylation is 3. The molecule has 1 N–H and O–H groups in total. The summed E-state index contributed by atoms with van der Waals surface area (Å²) in [5, 5.41) is 4.48. The summed E-state index contributed by atoms with van der Waals surface area (Å²) < 4.78 is 0. The van der Waals surface area contributed by atoms with Crippen molar-refractivity contribution in [3.8, 4) is 0 Å². The van der Waals surface area contributed by atoms with Gasteiger partial charge in [0.05, 0.1) is 5.69 Å². The Labute approximate surface area is 132 Å². The van der Waals surface area contributed by atoms with Gasteiger partial charge in [-0.05, 0) is 50.1 Å². The summed E-state index contributed by atoms with van der Waals surface area (Å²) in [7, 11) is 2.10. The lowest BCUT2D eigenvalue weighted by molar-refractivity contribution is 0.727. The van der Waals surface area contributed by atoms with Crippen LogP contribution in [0.1, 0.15) is 35.5 Å². The molecule has 0 amide bonds. The first kappa shape index (κ1) is 16.0. The van der Waals surface area contributed by atoms with Gasteiger partial charge in [-0.15, -0.1) is 0 Å². The minimum Gasteiger partial charge on any atom is -0.321 e. The quantitative estimate of drug-likeness (QED) is 0.867. The van der Waals surface area contributed by atoms with E-state index in [0.29, 0.717) is 0 Å². The van der Waals surface area contributed by atoms with Crippen LogP contribution in [0.2, 0.25) is 0 Å². The summed E-state index contributed by atoms with van der Waals surface area (Å²) in [6.07, 6.45) is 0.984. The van der Waals surface area contributed by atoms with Crippen LogP contribution in [0.15, 0.2) is 18.2 Å². The van der Waals surface area contributed by atoms with Gasteiger partial charge in [-0.2, -0.15) is 0 Å². The normalized spacial score (nSPS) is 10.9. The van der Waals surface area contributed by atoms with Crippen LogP contribution >= 0.6 is 11.3 Å². The van der Waals surface area contributed by atoms with E-state index in [4.69, 9.17) is 4.98 Å². The van der Waals surface area contributed by atoms with Crippen molar-refractivity contribution >= 4 is 22.2 Å². The smallest absolute Gasteiger partial charge is 0.190 e. The van der Waals surface area contributed by atoms with Crippen molar-refractivity contribution in [1.29, 1.82) is 0 Å². The predicted molar refractivity (Wildman–Crippen MR) is 92.9 cm³/mol. The average Bonchev–Trinajstić information content (AvgIpc) is 2.86. The molecule has 0 unspecified atom stereocenters. The molecule has 1 aromatic carbocycles. The van der Waals surface area contributed by atoms with E-state index < -0.39 is 0 Å². The minimum atomic E-state index is 0.915. The third-order valence-electron chi connectivity index (χ3n) is 3.52. The number of benzene rings is 1. The van der Waals surface area contributed by atoms with Crippen LogP contribution < -0.4 is 10.2 Å². The molecular formula is C17H25N3S. The van der Waals surface area contributed by atoms with Crippen LogP contribution in [-0.4, -0.2) is 18.6 Å². The molecule has 21 heavy (non-hydrogen) atoms. The number of aromatic nitrogens is 1. The Bertz CT molecular complexity index is 584. The van der Waals surface area contributed by atoms with Crippen LogP contribution in [0.5, 0.6) is 0 Å². The highest BCUT2D eigenvalue weighted by Crippen LogP contribution is 2.31. The first-order valence-electron chi connectivity index (χ1n) is 7.56. The first-order valence-corrected chi connectivity index (χ1v) is 8.38. The molecule has 0 aliphatic rings. The number of anilines is 2. The van der Waals surface area contributed by atoms with Gasteiger partial charge in [0.1, 0.15) is 0 Å². The second-order valence-corrected chi connectivity index (χ2v) is 6.47. The van der Waals surface area contributed by atoms with Gasteiger partial charge in [-0.25, -0.2) is 4.98 Å². The van der Waals surface area contributed by atoms with E-state index >= 15 is 0 Å². The lowest BCUT2D eigenvalue weighted by Crippen LogP contribution is -2.11. The molecule has 0 bridgehead atoms. The average molecular weight is 303 g/mol. The molecule has 2 rings (SSSR count). The minimum absolute atomic E-state index is 0.915. The summed E-state index contributed by atoms with van der Waals surface area (Å²) in [6.45, 7) is 10.5. The Kier molecular flexibility index (Phi) is 5.37. The second-order valence-electron chi connectivity index (χ2n) is 5.41. The fourth-order valence-corrected chi connectivity index (χ4v) is 3.52. The highest BCUT2D eigenvalue weighted by Gasteiger charge is 2.14. The number of thiazole rings is 1. The molecule has 0 saturated carbocycles. The molecule has 0 aliphatic heterocycles. The monoisotopic (exact) mass is 303 g/mol. The zero-order valence-corrected chi connectivity index (χ0v) is 14.5. The highest BCUT2D eigenvalue weighted by atomic mass is 32.1. The number of nitrogens with one attached hydrogen (secondary N) is 1. The van der Waals surface area contributed by atoms with Crippen molar-refractivity contribution in [3.05, 3.63) is 39.9 Å². The van der Waals surface area contributed by atoms with Crippen molar-refractivity contribution < 1.29 is 0 Å². The van der Waals surface area contributed by atoms with Gasteiger partial charge < -0.3 is 10.2 Å². The van der Waals surface area contributed by atoms with Crippen LogP contribution in [-0.2, 0) is 13.0 Å². The highest BCUT2D eigenvalue weighted by molar-refractivity contribution is 7.15. The molecule has 1 aromatic heterocycles. The van der Waals surface area contributed by atoms with E-state index in [1.165, 1.54) is 27.4 Å². The van der Waals surface area contributed by atoms with E-state index in [1.807, 2.05) is 0 Å². The molecular weight excluding hydrogens is 278 g/mol. The van der Waals surface area contributed by atoms with Crippen LogP contribution in [0.4, 0.5) is 10.8 Å². The molecule has 0 saturated heterocycles. The van der Waals surface area contributed by atoms with Crippen LogP contribution in [0.25, 0.3) is 0 Å². The van der Waals surface area contributed by atoms with Crippen LogP contribution in [0.3, 0.4) is 0 Å². The summed E-state index contributed by atoms with van der Waals surface area (Å²) >= 11 is 1.79. The van der Waals surface area contributed by atoms with Gasteiger partial charge in [0, 0.05) is 24.2 Å². The van der Waals surface area contributed by atoms with E-state index in [0.717, 1.165) is 24.6 Å². The molecule has 0 spiro atoms. The zero-order valence-electron chi connectivity index (χ0n) is 13.7. The topological polar surface area (TPSA) is 28.2 Å². The van der Waals surface area contributed by atoms with Crippen molar-refractivity contribution in [1.82, 2.24) is 10.3 Å². The molecule has 0 fully saturated rings. The maximum absolute atomic E-state index is 4.82. The van der Waals surface area contributed by atoms with Crippen LogP contribution in [0, 0.1) is 13.8 Å². The second kappa shape index (κ2) is 7.05. The first-order chi connectivity index (χ1) is 10.0. The van der Waals surface area contributed by atoms with E-state index in [-0.39, 0.29) is 0 Å². The summed E-state index contributed by atoms with van der Waals surface area (Å²) in [6, 6.07) is 6.63. The van der Waals surface area contributed by atoms with Gasteiger partial charge in [0.15, 0.2) is 5.13 Å². The largest absolute Gasteiger partial charge is 0.321 e. The maximum Gasteiger partial charge on any atom is 0.190 e. The van der Waals surface area contributed by atoms with Crippen molar-refractivity contribution in [2.45, 2.75) is 40.7 Å². The Morgan fingerprint density at radius 3 is 2.38 bits per heavy atom. The molecule has 3 nitrogen and oxygen atoms in total. The zero-order chi connectivity index (χ0) is 15.4. The number of rotatable bonds is 6. The van der Waals surface area contributed by atoms with Crippen molar-refractivity contribution in [2.75, 3.05) is 18.5 Å². The standard InChI is InChI=1S/C17H25N3S/c1-6-15-16(11-18-7-2)21-17(19-15)20(5)14-9-12(3)8-13(4)10-14/h8-10,18H,6-7,11H2,1-5H3. The molecule has 4 heteroatoms. The summed E-state index contributed by atoms with van der Waals surface area (Å²) in [5.41, 5.74) is 5.00. The van der Waals surface area contributed by atoms with E-state index in [9.17, 15) is 0 Å². The molecule has 0 aliphatic carbocycles. The Balaban J connectivity index is 2.29. The van der Waals surface area contributed by atoms with Gasteiger partial charge in [-0.3, -0.25) is 0 Å². The van der Waals surface area contributed by atoms with Gasteiger partial charge in [0.2, 0.25) is 0 Å². The Morgan fingerprint density at radius 1 is 1.14 bits per heavy atom. The molecule has 0 radical (unpaired) electrons. The predicted octanol–water partition coefficient (Wildman–Crippen LogP) is 4.20. The van der Waals surface area contributed by atoms with Gasteiger partial charge in [-0.1, -0.05) is 31.3 Å². The van der Waals surface area contributed by atoms with Gasteiger partial charge >= 0.3 is 0 Å². The van der Waals surface area contributed by atoms with Crippen molar-refractivity contribution in [3.63, 3.8) is 0 Å². The fraction of sp³-hybridized carbons (Fsp3) is 0.471. The fourth-order valence-electron chi connectivity index (χ4n) is 2.42. The Hall–Kier alpha value is -1.39. The number of nitrogens with zero attached hydrogens (tertiary/aromatic N) is 2. The molecule has 114 valence electrons. The lowest BCUT2D eigenvalue weighted by atomic mass is 10.1. The maximum atomic E-state index is 4.82. The third-order valence-corrected chi connectivity index (χ3v) is 4.69. The summed E-state index contributed by atoms with van der Waals surface area (Å²) in [5.74, 6) is 0. The SMILES string of the molecule is CCNCc1sc(N(C)c2cc(C)cc(C)c2)nc1CC. The number of hydrogen-bond acceptors (Lipinski definition) is 4. The number of hydrogen-bond donors (Lipinski definition) is 1. The third kappa shape index (κ3) is 3.83. The van der Waals surface area contributed by atoms with Crippen molar-refractivity contribution in [2.24, 2.45) is 0 Å². The molecule has 2 aromatic rings. The van der Waals surface area contributed by atoms with Gasteiger partial charge in [0.25, 0.3) is 0 Å². The molecule has 0 atom stereocenters. The summed E-state index contributed by atoms with van der Waals surface area (Å²) in [4.78, 5) is 8.37. The van der Waals surface area contributed by atoms with E-state index in [2.05, 4.69) is 63.2 Å². The van der Waals surface area contributed by atoms with E-state index in [1.54, 1.807) is 11.3 Å². The Morgan fingerprint density at radius 2 is 1.81 bits per heavy atom. The molecule has 1 heterocycles. The lowest BCUT2D eigenvalue weighted by Gasteiger charge is -2.17.